The molecule has 0 saturated heterocycles. The van der Waals surface area contributed by atoms with Gasteiger partial charge in [-0.2, -0.15) is 0 Å². The first kappa shape index (κ1) is 17.3. The van der Waals surface area contributed by atoms with Gasteiger partial charge in [-0.15, -0.1) is 0 Å². The van der Waals surface area contributed by atoms with Crippen LogP contribution in [-0.2, 0) is 0 Å². The van der Waals surface area contributed by atoms with Crippen molar-refractivity contribution in [3.8, 4) is 11.5 Å². The Morgan fingerprint density at radius 1 is 1.15 bits per heavy atom. The van der Waals surface area contributed by atoms with Crippen LogP contribution in [0.1, 0.15) is 26.4 Å². The van der Waals surface area contributed by atoms with Gasteiger partial charge in [0.25, 0.3) is 5.91 Å². The van der Waals surface area contributed by atoms with Crippen LogP contribution in [0.15, 0.2) is 36.7 Å². The summed E-state index contributed by atoms with van der Waals surface area (Å²) in [5.41, 5.74) is 1.82. The zero-order chi connectivity index (χ0) is 18.8. The van der Waals surface area contributed by atoms with Gasteiger partial charge >= 0.3 is 5.97 Å². The van der Waals surface area contributed by atoms with Crippen molar-refractivity contribution in [1.82, 2.24) is 9.38 Å². The molecule has 0 radical (unpaired) electrons. The maximum atomic E-state index is 12.6. The van der Waals surface area contributed by atoms with Crippen LogP contribution in [0.2, 0.25) is 0 Å². The first-order valence-electron chi connectivity index (χ1n) is 7.69. The Labute approximate surface area is 149 Å². The Kier molecular flexibility index (Phi) is 4.49. The molecule has 0 aliphatic heterocycles. The fraction of sp³-hybridized carbons (Fsp3) is 0.167. The Morgan fingerprint density at radius 2 is 1.85 bits per heavy atom. The van der Waals surface area contributed by atoms with E-state index in [2.05, 4.69) is 10.3 Å². The SMILES string of the molecule is COc1cc(NC(=O)c2ccn3cc(C)nc3c2)c(C(=O)O)cc1OC. The zero-order valence-corrected chi connectivity index (χ0v) is 14.4. The number of anilines is 1. The molecule has 2 heterocycles. The van der Waals surface area contributed by atoms with Crippen LogP contribution >= 0.6 is 0 Å². The van der Waals surface area contributed by atoms with E-state index >= 15 is 0 Å². The molecule has 0 aliphatic carbocycles. The highest BCUT2D eigenvalue weighted by atomic mass is 16.5. The van der Waals surface area contributed by atoms with E-state index in [-0.39, 0.29) is 17.0 Å². The molecule has 26 heavy (non-hydrogen) atoms. The predicted octanol–water partition coefficient (Wildman–Crippen LogP) is 2.61. The third kappa shape index (κ3) is 3.16. The molecule has 1 amide bonds. The minimum absolute atomic E-state index is 0.103. The second-order valence-corrected chi connectivity index (χ2v) is 5.58. The van der Waals surface area contributed by atoms with E-state index in [1.54, 1.807) is 22.7 Å². The lowest BCUT2D eigenvalue weighted by atomic mass is 10.1. The predicted molar refractivity (Wildman–Crippen MR) is 94.4 cm³/mol. The van der Waals surface area contributed by atoms with Crippen molar-refractivity contribution in [2.75, 3.05) is 19.5 Å². The third-order valence-corrected chi connectivity index (χ3v) is 3.85. The summed E-state index contributed by atoms with van der Waals surface area (Å²) in [4.78, 5) is 28.4. The highest BCUT2D eigenvalue weighted by Gasteiger charge is 2.19. The molecule has 0 fully saturated rings. The number of carboxylic acid groups (broad SMARTS) is 1. The maximum Gasteiger partial charge on any atom is 0.337 e. The van der Waals surface area contributed by atoms with Crippen LogP contribution in [0, 0.1) is 6.92 Å². The van der Waals surface area contributed by atoms with Crippen molar-refractivity contribution in [2.45, 2.75) is 6.92 Å². The Morgan fingerprint density at radius 3 is 2.50 bits per heavy atom. The number of amides is 1. The molecule has 3 rings (SSSR count). The lowest BCUT2D eigenvalue weighted by Gasteiger charge is -2.13. The van der Waals surface area contributed by atoms with Crippen LogP contribution in [-0.4, -0.2) is 40.6 Å². The first-order chi connectivity index (χ1) is 12.4. The minimum Gasteiger partial charge on any atom is -0.493 e. The highest BCUT2D eigenvalue weighted by molar-refractivity contribution is 6.08. The second-order valence-electron chi connectivity index (χ2n) is 5.58. The molecule has 0 aliphatic rings. The Hall–Kier alpha value is -3.55. The van der Waals surface area contributed by atoms with E-state index in [1.807, 2.05) is 13.1 Å². The number of rotatable bonds is 5. The smallest absolute Gasteiger partial charge is 0.337 e. The van der Waals surface area contributed by atoms with Crippen molar-refractivity contribution < 1.29 is 24.2 Å². The van der Waals surface area contributed by atoms with Gasteiger partial charge in [0.05, 0.1) is 31.2 Å². The number of aromatic carboxylic acids is 1. The molecular weight excluding hydrogens is 338 g/mol. The van der Waals surface area contributed by atoms with Gasteiger partial charge in [0.2, 0.25) is 0 Å². The van der Waals surface area contributed by atoms with E-state index in [1.165, 1.54) is 26.4 Å². The number of carbonyl (C=O) groups excluding carboxylic acids is 1. The average molecular weight is 355 g/mol. The molecular formula is C18H17N3O5. The van der Waals surface area contributed by atoms with Crippen molar-refractivity contribution in [3.63, 3.8) is 0 Å². The van der Waals surface area contributed by atoms with Crippen LogP contribution in [0.4, 0.5) is 5.69 Å². The Balaban J connectivity index is 1.97. The van der Waals surface area contributed by atoms with Crippen LogP contribution in [0.25, 0.3) is 5.65 Å². The van der Waals surface area contributed by atoms with Crippen LogP contribution < -0.4 is 14.8 Å². The lowest BCUT2D eigenvalue weighted by molar-refractivity contribution is 0.0697. The van der Waals surface area contributed by atoms with Crippen molar-refractivity contribution >= 4 is 23.2 Å². The number of nitrogens with zero attached hydrogens (tertiary/aromatic N) is 2. The normalized spacial score (nSPS) is 10.6. The number of ether oxygens (including phenoxy) is 2. The molecule has 134 valence electrons. The summed E-state index contributed by atoms with van der Waals surface area (Å²) >= 11 is 0. The summed E-state index contributed by atoms with van der Waals surface area (Å²) in [5.74, 6) is -1.08. The molecule has 0 bridgehead atoms. The molecule has 0 unspecified atom stereocenters. The molecule has 1 aromatic carbocycles. The van der Waals surface area contributed by atoms with Gasteiger partial charge < -0.3 is 24.3 Å². The van der Waals surface area contributed by atoms with Gasteiger partial charge in [-0.3, -0.25) is 4.79 Å². The molecule has 8 nitrogen and oxygen atoms in total. The maximum absolute atomic E-state index is 12.6. The average Bonchev–Trinajstić information content (AvgIpc) is 2.99. The van der Waals surface area contributed by atoms with E-state index in [0.29, 0.717) is 17.0 Å². The number of aryl methyl sites for hydroxylation is 1. The quantitative estimate of drug-likeness (QED) is 0.729. The fourth-order valence-corrected chi connectivity index (χ4v) is 2.60. The number of benzene rings is 1. The number of aromatic nitrogens is 2. The highest BCUT2D eigenvalue weighted by Crippen LogP contribution is 2.33. The number of imidazole rings is 1. The zero-order valence-electron chi connectivity index (χ0n) is 14.4. The first-order valence-corrected chi connectivity index (χ1v) is 7.69. The minimum atomic E-state index is -1.19. The van der Waals surface area contributed by atoms with E-state index in [0.717, 1.165) is 5.69 Å². The third-order valence-electron chi connectivity index (χ3n) is 3.85. The molecule has 8 heteroatoms. The summed E-state index contributed by atoms with van der Waals surface area (Å²) in [6, 6.07) is 5.98. The second kappa shape index (κ2) is 6.75. The molecule has 0 atom stereocenters. The number of hydrogen-bond acceptors (Lipinski definition) is 5. The van der Waals surface area contributed by atoms with Gasteiger partial charge in [0, 0.05) is 30.1 Å². The number of methoxy groups -OCH3 is 2. The number of carboxylic acids is 1. The summed E-state index contributed by atoms with van der Waals surface area (Å²) < 4.78 is 12.1. The van der Waals surface area contributed by atoms with Crippen LogP contribution in [0.3, 0.4) is 0 Å². The lowest BCUT2D eigenvalue weighted by Crippen LogP contribution is -2.15. The van der Waals surface area contributed by atoms with E-state index < -0.39 is 11.9 Å². The summed E-state index contributed by atoms with van der Waals surface area (Å²) in [6.45, 7) is 1.86. The molecule has 2 N–H and O–H groups in total. The summed E-state index contributed by atoms with van der Waals surface area (Å²) in [5, 5.41) is 12.0. The van der Waals surface area contributed by atoms with Gasteiger partial charge in [0.15, 0.2) is 11.5 Å². The van der Waals surface area contributed by atoms with Gasteiger partial charge in [0.1, 0.15) is 5.65 Å². The molecule has 3 aromatic rings. The number of hydrogen-bond donors (Lipinski definition) is 2. The van der Waals surface area contributed by atoms with Crippen molar-refractivity contribution in [1.29, 1.82) is 0 Å². The van der Waals surface area contributed by atoms with E-state index in [4.69, 9.17) is 9.47 Å². The van der Waals surface area contributed by atoms with Crippen LogP contribution in [0.5, 0.6) is 11.5 Å². The number of fused-ring (bicyclic) bond motifs is 1. The van der Waals surface area contributed by atoms with E-state index in [9.17, 15) is 14.7 Å². The number of pyridine rings is 1. The molecule has 0 spiro atoms. The number of carbonyl (C=O) groups is 2. The standard InChI is InChI=1S/C18H17N3O5/c1-10-9-21-5-4-11(6-16(21)19-10)17(22)20-13-8-15(26-3)14(25-2)7-12(13)18(23)24/h4-9H,1-3H3,(H,20,22)(H,23,24). The van der Waals surface area contributed by atoms with Gasteiger partial charge in [-0.05, 0) is 19.1 Å². The molecule has 2 aromatic heterocycles. The molecule has 0 saturated carbocycles. The van der Waals surface area contributed by atoms with Gasteiger partial charge in [-0.1, -0.05) is 0 Å². The van der Waals surface area contributed by atoms with Crippen molar-refractivity contribution in [2.24, 2.45) is 0 Å². The fourth-order valence-electron chi connectivity index (χ4n) is 2.60. The largest absolute Gasteiger partial charge is 0.493 e. The summed E-state index contributed by atoms with van der Waals surface area (Å²) in [7, 11) is 2.84. The number of nitrogens with one attached hydrogen (secondary N) is 1. The Bertz CT molecular complexity index is 1010. The summed E-state index contributed by atoms with van der Waals surface area (Å²) in [6.07, 6.45) is 3.56. The van der Waals surface area contributed by atoms with Gasteiger partial charge in [-0.25, -0.2) is 9.78 Å². The topological polar surface area (TPSA) is 102 Å². The van der Waals surface area contributed by atoms with Crippen molar-refractivity contribution in [3.05, 3.63) is 53.5 Å². The monoisotopic (exact) mass is 355 g/mol.